The van der Waals surface area contributed by atoms with Crippen molar-refractivity contribution in [3.63, 3.8) is 0 Å². The molecule has 1 N–H and O–H groups in total. The first-order valence-corrected chi connectivity index (χ1v) is 5.95. The number of rotatable bonds is 4. The van der Waals surface area contributed by atoms with Crippen molar-refractivity contribution >= 4 is 22.9 Å². The van der Waals surface area contributed by atoms with Crippen molar-refractivity contribution in [2.75, 3.05) is 5.32 Å². The van der Waals surface area contributed by atoms with Crippen LogP contribution in [0.1, 0.15) is 11.3 Å². The molecule has 2 aromatic heterocycles. The number of amides is 1. The van der Waals surface area contributed by atoms with Crippen LogP contribution in [-0.2, 0) is 11.2 Å². The summed E-state index contributed by atoms with van der Waals surface area (Å²) in [6, 6.07) is 7.67. The molecule has 16 heavy (non-hydrogen) atoms. The summed E-state index contributed by atoms with van der Waals surface area (Å²) in [6.07, 6.45) is 4.63. The molecule has 82 valence electrons. The lowest BCUT2D eigenvalue weighted by Gasteiger charge is -2.03. The van der Waals surface area contributed by atoms with Crippen molar-refractivity contribution in [2.24, 2.45) is 0 Å². The summed E-state index contributed by atoms with van der Waals surface area (Å²) in [6.45, 7) is 0. The third-order valence-corrected chi connectivity index (χ3v) is 3.06. The number of carbonyl (C=O) groups excluding carboxylic acids is 1. The molecule has 0 fully saturated rings. The molecule has 0 aliphatic rings. The van der Waals surface area contributed by atoms with E-state index in [2.05, 4.69) is 10.3 Å². The molecule has 2 aromatic rings. The first-order valence-electron chi connectivity index (χ1n) is 5.07. The van der Waals surface area contributed by atoms with Gasteiger partial charge < -0.3 is 5.32 Å². The van der Waals surface area contributed by atoms with Crippen molar-refractivity contribution in [3.8, 4) is 0 Å². The fourth-order valence-corrected chi connectivity index (χ4v) is 2.06. The Morgan fingerprint density at radius 3 is 3.00 bits per heavy atom. The van der Waals surface area contributed by atoms with Gasteiger partial charge in [0.1, 0.15) is 0 Å². The van der Waals surface area contributed by atoms with Crippen LogP contribution in [0.5, 0.6) is 0 Å². The van der Waals surface area contributed by atoms with Crippen LogP contribution in [0.2, 0.25) is 0 Å². The number of hydrogen-bond acceptors (Lipinski definition) is 3. The van der Waals surface area contributed by atoms with Crippen molar-refractivity contribution in [1.29, 1.82) is 0 Å². The van der Waals surface area contributed by atoms with Gasteiger partial charge >= 0.3 is 0 Å². The Balaban J connectivity index is 1.81. The lowest BCUT2D eigenvalue weighted by molar-refractivity contribution is -0.116. The largest absolute Gasteiger partial charge is 0.325 e. The molecular weight excluding hydrogens is 220 g/mol. The third-order valence-electron chi connectivity index (χ3n) is 2.12. The SMILES string of the molecule is O=C(CCc1cccs1)Nc1cccnc1. The third kappa shape index (κ3) is 3.17. The van der Waals surface area contributed by atoms with E-state index in [1.54, 1.807) is 29.8 Å². The van der Waals surface area contributed by atoms with Crippen LogP contribution in [0.25, 0.3) is 0 Å². The molecule has 0 bridgehead atoms. The zero-order valence-corrected chi connectivity index (χ0v) is 9.54. The average molecular weight is 232 g/mol. The normalized spacial score (nSPS) is 10.0. The van der Waals surface area contributed by atoms with Gasteiger partial charge in [-0.15, -0.1) is 11.3 Å². The quantitative estimate of drug-likeness (QED) is 0.880. The lowest BCUT2D eigenvalue weighted by atomic mass is 10.2. The van der Waals surface area contributed by atoms with E-state index in [-0.39, 0.29) is 5.91 Å². The molecule has 0 aliphatic carbocycles. The minimum atomic E-state index is 0.0291. The number of pyridine rings is 1. The summed E-state index contributed by atoms with van der Waals surface area (Å²) in [5, 5.41) is 4.83. The highest BCUT2D eigenvalue weighted by Gasteiger charge is 2.03. The van der Waals surface area contributed by atoms with Crippen molar-refractivity contribution < 1.29 is 4.79 Å². The molecule has 2 heterocycles. The molecule has 3 nitrogen and oxygen atoms in total. The van der Waals surface area contributed by atoms with Gasteiger partial charge in [0, 0.05) is 17.5 Å². The van der Waals surface area contributed by atoms with Crippen LogP contribution in [-0.4, -0.2) is 10.9 Å². The first kappa shape index (κ1) is 10.8. The Hall–Kier alpha value is -1.68. The Morgan fingerprint density at radius 2 is 2.31 bits per heavy atom. The molecule has 0 aliphatic heterocycles. The highest BCUT2D eigenvalue weighted by Crippen LogP contribution is 2.11. The number of aromatic nitrogens is 1. The molecule has 0 spiro atoms. The van der Waals surface area contributed by atoms with E-state index in [0.717, 1.165) is 12.1 Å². The maximum atomic E-state index is 11.6. The van der Waals surface area contributed by atoms with Crippen molar-refractivity contribution in [2.45, 2.75) is 12.8 Å². The average Bonchev–Trinajstić information content (AvgIpc) is 2.81. The molecular formula is C12H12N2OS. The number of carbonyl (C=O) groups is 1. The molecule has 0 radical (unpaired) electrons. The standard InChI is InChI=1S/C12H12N2OS/c15-12(6-5-11-4-2-8-16-11)14-10-3-1-7-13-9-10/h1-4,7-9H,5-6H2,(H,14,15). The van der Waals surface area contributed by atoms with Crippen LogP contribution in [0, 0.1) is 0 Å². The second-order valence-electron chi connectivity index (χ2n) is 3.37. The molecule has 0 aromatic carbocycles. The number of hydrogen-bond donors (Lipinski definition) is 1. The Bertz CT molecular complexity index is 439. The minimum Gasteiger partial charge on any atom is -0.325 e. The van der Waals surface area contributed by atoms with Crippen LogP contribution in [0.4, 0.5) is 5.69 Å². The summed E-state index contributed by atoms with van der Waals surface area (Å²) in [5.41, 5.74) is 0.749. The van der Waals surface area contributed by atoms with Gasteiger partial charge in [0.25, 0.3) is 0 Å². The van der Waals surface area contributed by atoms with Gasteiger partial charge in [-0.25, -0.2) is 0 Å². The summed E-state index contributed by atoms with van der Waals surface area (Å²) < 4.78 is 0. The monoisotopic (exact) mass is 232 g/mol. The molecule has 0 saturated carbocycles. The number of thiophene rings is 1. The number of nitrogens with one attached hydrogen (secondary N) is 1. The smallest absolute Gasteiger partial charge is 0.224 e. The van der Waals surface area contributed by atoms with Gasteiger partial charge in [0.2, 0.25) is 5.91 Å². The highest BCUT2D eigenvalue weighted by molar-refractivity contribution is 7.09. The van der Waals surface area contributed by atoms with E-state index in [9.17, 15) is 4.79 Å². The topological polar surface area (TPSA) is 42.0 Å². The zero-order valence-electron chi connectivity index (χ0n) is 8.72. The van der Waals surface area contributed by atoms with E-state index >= 15 is 0 Å². The minimum absolute atomic E-state index is 0.0291. The fraction of sp³-hybridized carbons (Fsp3) is 0.167. The molecule has 4 heteroatoms. The molecule has 1 amide bonds. The van der Waals surface area contributed by atoms with Gasteiger partial charge in [-0.2, -0.15) is 0 Å². The van der Waals surface area contributed by atoms with Crippen LogP contribution in [0.3, 0.4) is 0 Å². The molecule has 0 atom stereocenters. The van der Waals surface area contributed by atoms with Crippen molar-refractivity contribution in [3.05, 3.63) is 46.9 Å². The van der Waals surface area contributed by atoms with Crippen LogP contribution >= 0.6 is 11.3 Å². The molecule has 2 rings (SSSR count). The second kappa shape index (κ2) is 5.42. The Morgan fingerprint density at radius 1 is 1.38 bits per heavy atom. The van der Waals surface area contributed by atoms with E-state index in [1.165, 1.54) is 4.88 Å². The number of aryl methyl sites for hydroxylation is 1. The van der Waals surface area contributed by atoms with Crippen molar-refractivity contribution in [1.82, 2.24) is 4.98 Å². The van der Waals surface area contributed by atoms with E-state index in [4.69, 9.17) is 0 Å². The predicted octanol–water partition coefficient (Wildman–Crippen LogP) is 2.71. The fourth-order valence-electron chi connectivity index (χ4n) is 1.35. The van der Waals surface area contributed by atoms with E-state index < -0.39 is 0 Å². The first-order chi connectivity index (χ1) is 7.84. The highest BCUT2D eigenvalue weighted by atomic mass is 32.1. The molecule has 0 unspecified atom stereocenters. The lowest BCUT2D eigenvalue weighted by Crippen LogP contribution is -2.12. The predicted molar refractivity (Wildman–Crippen MR) is 65.5 cm³/mol. The van der Waals surface area contributed by atoms with Crippen LogP contribution < -0.4 is 5.32 Å². The number of nitrogens with zero attached hydrogens (tertiary/aromatic N) is 1. The summed E-state index contributed by atoms with van der Waals surface area (Å²) in [4.78, 5) is 16.7. The Kier molecular flexibility index (Phi) is 3.66. The maximum absolute atomic E-state index is 11.6. The van der Waals surface area contributed by atoms with E-state index in [0.29, 0.717) is 6.42 Å². The number of anilines is 1. The summed E-state index contributed by atoms with van der Waals surface area (Å²) in [5.74, 6) is 0.0291. The Labute approximate surface area is 98.2 Å². The second-order valence-corrected chi connectivity index (χ2v) is 4.40. The van der Waals surface area contributed by atoms with Gasteiger partial charge in [0.15, 0.2) is 0 Å². The van der Waals surface area contributed by atoms with Gasteiger partial charge in [0.05, 0.1) is 11.9 Å². The van der Waals surface area contributed by atoms with Gasteiger partial charge in [-0.3, -0.25) is 9.78 Å². The summed E-state index contributed by atoms with van der Waals surface area (Å²) >= 11 is 1.68. The van der Waals surface area contributed by atoms with Gasteiger partial charge in [-0.05, 0) is 30.0 Å². The van der Waals surface area contributed by atoms with E-state index in [1.807, 2.05) is 23.6 Å². The zero-order chi connectivity index (χ0) is 11.2. The maximum Gasteiger partial charge on any atom is 0.224 e. The summed E-state index contributed by atoms with van der Waals surface area (Å²) in [7, 11) is 0. The van der Waals surface area contributed by atoms with Gasteiger partial charge in [-0.1, -0.05) is 6.07 Å². The molecule has 0 saturated heterocycles. The van der Waals surface area contributed by atoms with Crippen LogP contribution in [0.15, 0.2) is 42.0 Å².